The lowest BCUT2D eigenvalue weighted by Crippen LogP contribution is -2.09. The van der Waals surface area contributed by atoms with Crippen LogP contribution in [0.25, 0.3) is 0 Å². The van der Waals surface area contributed by atoms with E-state index in [0.717, 1.165) is 0 Å². The van der Waals surface area contributed by atoms with Gasteiger partial charge in [-0.05, 0) is 43.3 Å². The third-order valence-corrected chi connectivity index (χ3v) is 5.06. The number of methoxy groups -OCH3 is 1. The number of aryl methyl sites for hydroxylation is 1. The molecule has 0 aliphatic heterocycles. The molecule has 0 bridgehead atoms. The fourth-order valence-electron chi connectivity index (χ4n) is 2.35. The number of carbonyl (C=O) groups is 1. The number of carbonyl (C=O) groups excluding carboxylic acids is 1. The van der Waals surface area contributed by atoms with Gasteiger partial charge in [-0.2, -0.15) is 5.26 Å². The lowest BCUT2D eigenvalue weighted by Gasteiger charge is -2.08. The van der Waals surface area contributed by atoms with Crippen molar-refractivity contribution in [3.05, 3.63) is 68.6 Å². The first-order valence-electron chi connectivity index (χ1n) is 8.15. The molecule has 0 N–H and O–H groups in total. The monoisotopic (exact) mass is 414 g/mol. The highest BCUT2D eigenvalue weighted by Crippen LogP contribution is 2.30. The average Bonchev–Trinajstić information content (AvgIpc) is 3.08. The van der Waals surface area contributed by atoms with Crippen molar-refractivity contribution < 1.29 is 19.0 Å². The number of ether oxygens (including phenoxy) is 3. The topological polar surface area (TPSA) is 81.4 Å². The van der Waals surface area contributed by atoms with Crippen molar-refractivity contribution in [2.75, 3.05) is 7.11 Å². The first kappa shape index (κ1) is 19.7. The number of thiazole rings is 1. The second kappa shape index (κ2) is 8.74. The Kier molecular flexibility index (Phi) is 6.14. The Bertz CT molecular complexity index is 1040. The summed E-state index contributed by atoms with van der Waals surface area (Å²) < 4.78 is 16.3. The largest absolute Gasteiger partial charge is 0.493 e. The zero-order valence-electron chi connectivity index (χ0n) is 15.1. The SMILES string of the molecule is COc1cc(C#N)ccc1OC(=O)c1sc(COc2ccc(Cl)cc2)nc1C. The minimum atomic E-state index is -0.546. The Morgan fingerprint density at radius 1 is 1.21 bits per heavy atom. The van der Waals surface area contributed by atoms with E-state index in [9.17, 15) is 4.79 Å². The van der Waals surface area contributed by atoms with Gasteiger partial charge < -0.3 is 14.2 Å². The maximum Gasteiger partial charge on any atom is 0.355 e. The lowest BCUT2D eigenvalue weighted by atomic mass is 10.2. The van der Waals surface area contributed by atoms with Gasteiger partial charge in [0.05, 0.1) is 24.4 Å². The minimum absolute atomic E-state index is 0.223. The number of nitriles is 1. The second-order valence-electron chi connectivity index (χ2n) is 5.63. The smallest absolute Gasteiger partial charge is 0.355 e. The molecule has 0 radical (unpaired) electrons. The van der Waals surface area contributed by atoms with E-state index >= 15 is 0 Å². The second-order valence-corrected chi connectivity index (χ2v) is 7.15. The van der Waals surface area contributed by atoms with Gasteiger partial charge in [-0.15, -0.1) is 11.3 Å². The Morgan fingerprint density at radius 2 is 1.96 bits per heavy atom. The van der Waals surface area contributed by atoms with Gasteiger partial charge in [-0.25, -0.2) is 9.78 Å². The van der Waals surface area contributed by atoms with Crippen LogP contribution in [0.15, 0.2) is 42.5 Å². The first-order chi connectivity index (χ1) is 13.5. The quantitative estimate of drug-likeness (QED) is 0.426. The fraction of sp³-hybridized carbons (Fsp3) is 0.150. The average molecular weight is 415 g/mol. The van der Waals surface area contributed by atoms with Crippen LogP contribution in [0, 0.1) is 18.3 Å². The summed E-state index contributed by atoms with van der Waals surface area (Å²) in [5, 5.41) is 10.2. The molecule has 6 nitrogen and oxygen atoms in total. The standard InChI is InChI=1S/C20H15ClN2O4S/c1-12-19(20(24)27-16-8-3-13(10-22)9-17(16)25-2)28-18(23-12)11-26-15-6-4-14(21)5-7-15/h3-9H,11H2,1-2H3. The summed E-state index contributed by atoms with van der Waals surface area (Å²) in [4.78, 5) is 17.3. The van der Waals surface area contributed by atoms with Gasteiger partial charge in [0.25, 0.3) is 0 Å². The number of hydrogen-bond acceptors (Lipinski definition) is 7. The fourth-order valence-corrected chi connectivity index (χ4v) is 3.33. The van der Waals surface area contributed by atoms with Crippen LogP contribution in [0.5, 0.6) is 17.2 Å². The van der Waals surface area contributed by atoms with E-state index in [1.165, 1.54) is 30.6 Å². The number of aromatic nitrogens is 1. The summed E-state index contributed by atoms with van der Waals surface area (Å²) in [6, 6.07) is 13.6. The molecule has 1 aromatic heterocycles. The van der Waals surface area contributed by atoms with Crippen LogP contribution < -0.4 is 14.2 Å². The molecular weight excluding hydrogens is 400 g/mol. The Labute approximate surface area is 170 Å². The molecule has 0 unspecified atom stereocenters. The molecule has 28 heavy (non-hydrogen) atoms. The highest BCUT2D eigenvalue weighted by Gasteiger charge is 2.19. The van der Waals surface area contributed by atoms with E-state index in [4.69, 9.17) is 31.1 Å². The number of nitrogens with zero attached hydrogens (tertiary/aromatic N) is 2. The van der Waals surface area contributed by atoms with Gasteiger partial charge in [0.2, 0.25) is 0 Å². The summed E-state index contributed by atoms with van der Waals surface area (Å²) in [6.07, 6.45) is 0. The van der Waals surface area contributed by atoms with E-state index in [1.807, 2.05) is 6.07 Å². The van der Waals surface area contributed by atoms with Crippen molar-refractivity contribution in [1.82, 2.24) is 4.98 Å². The Hall–Kier alpha value is -3.08. The molecule has 0 spiro atoms. The van der Waals surface area contributed by atoms with Crippen molar-refractivity contribution in [3.63, 3.8) is 0 Å². The predicted molar refractivity (Wildman–Crippen MR) is 105 cm³/mol. The summed E-state index contributed by atoms with van der Waals surface area (Å²) in [6.45, 7) is 1.95. The third kappa shape index (κ3) is 4.60. The summed E-state index contributed by atoms with van der Waals surface area (Å²) in [5.74, 6) is 0.651. The molecule has 2 aromatic carbocycles. The van der Waals surface area contributed by atoms with E-state index < -0.39 is 5.97 Å². The van der Waals surface area contributed by atoms with E-state index in [0.29, 0.717) is 37.7 Å². The molecule has 0 saturated heterocycles. The van der Waals surface area contributed by atoms with Crippen LogP contribution in [0.4, 0.5) is 0 Å². The van der Waals surface area contributed by atoms with Gasteiger partial charge in [-0.3, -0.25) is 0 Å². The maximum atomic E-state index is 12.6. The normalized spacial score (nSPS) is 10.2. The molecule has 8 heteroatoms. The maximum absolute atomic E-state index is 12.6. The third-order valence-electron chi connectivity index (χ3n) is 3.70. The van der Waals surface area contributed by atoms with Crippen molar-refractivity contribution in [2.45, 2.75) is 13.5 Å². The molecule has 3 aromatic rings. The van der Waals surface area contributed by atoms with Crippen LogP contribution in [0.1, 0.15) is 25.9 Å². The van der Waals surface area contributed by atoms with E-state index in [2.05, 4.69) is 4.98 Å². The van der Waals surface area contributed by atoms with Gasteiger partial charge in [0.15, 0.2) is 11.5 Å². The van der Waals surface area contributed by atoms with Gasteiger partial charge in [0.1, 0.15) is 22.2 Å². The number of halogens is 1. The summed E-state index contributed by atoms with van der Waals surface area (Å²) >= 11 is 7.05. The summed E-state index contributed by atoms with van der Waals surface area (Å²) in [7, 11) is 1.44. The Morgan fingerprint density at radius 3 is 2.64 bits per heavy atom. The van der Waals surface area contributed by atoms with Crippen LogP contribution in [-0.2, 0) is 6.61 Å². The highest BCUT2D eigenvalue weighted by molar-refractivity contribution is 7.13. The van der Waals surface area contributed by atoms with Crippen molar-refractivity contribution in [1.29, 1.82) is 5.26 Å². The number of benzene rings is 2. The van der Waals surface area contributed by atoms with E-state index in [1.54, 1.807) is 37.3 Å². The van der Waals surface area contributed by atoms with Crippen LogP contribution >= 0.6 is 22.9 Å². The molecule has 142 valence electrons. The predicted octanol–water partition coefficient (Wildman–Crippen LogP) is 4.78. The zero-order chi connectivity index (χ0) is 20.1. The molecule has 0 atom stereocenters. The van der Waals surface area contributed by atoms with E-state index in [-0.39, 0.29) is 12.4 Å². The van der Waals surface area contributed by atoms with Crippen LogP contribution in [0.3, 0.4) is 0 Å². The lowest BCUT2D eigenvalue weighted by molar-refractivity contribution is 0.0734. The molecule has 1 heterocycles. The van der Waals surface area contributed by atoms with Crippen LogP contribution in [0.2, 0.25) is 5.02 Å². The molecule has 0 aliphatic rings. The van der Waals surface area contributed by atoms with Gasteiger partial charge in [-0.1, -0.05) is 11.6 Å². The molecular formula is C20H15ClN2O4S. The Balaban J connectivity index is 1.71. The minimum Gasteiger partial charge on any atom is -0.493 e. The van der Waals surface area contributed by atoms with Crippen LogP contribution in [-0.4, -0.2) is 18.1 Å². The van der Waals surface area contributed by atoms with Crippen molar-refractivity contribution >= 4 is 28.9 Å². The number of hydrogen-bond donors (Lipinski definition) is 0. The molecule has 0 fully saturated rings. The van der Waals surface area contributed by atoms with Crippen molar-refractivity contribution in [3.8, 4) is 23.3 Å². The van der Waals surface area contributed by atoms with Gasteiger partial charge >= 0.3 is 5.97 Å². The molecule has 3 rings (SSSR count). The number of rotatable bonds is 6. The highest BCUT2D eigenvalue weighted by atomic mass is 35.5. The number of esters is 1. The summed E-state index contributed by atoms with van der Waals surface area (Å²) in [5.41, 5.74) is 0.963. The molecule has 0 saturated carbocycles. The molecule has 0 aliphatic carbocycles. The first-order valence-corrected chi connectivity index (χ1v) is 9.34. The van der Waals surface area contributed by atoms with Crippen molar-refractivity contribution in [2.24, 2.45) is 0 Å². The molecule has 0 amide bonds. The zero-order valence-corrected chi connectivity index (χ0v) is 16.6. The van der Waals surface area contributed by atoms with Gasteiger partial charge in [0, 0.05) is 11.1 Å².